The zero-order chi connectivity index (χ0) is 29.2. The van der Waals surface area contributed by atoms with Gasteiger partial charge in [-0.3, -0.25) is 4.79 Å². The number of aliphatic hydroxyl groups is 3. The molecule has 1 saturated heterocycles. The van der Waals surface area contributed by atoms with Crippen LogP contribution in [0.25, 0.3) is 0 Å². The van der Waals surface area contributed by atoms with Gasteiger partial charge in [-0.15, -0.1) is 0 Å². The van der Waals surface area contributed by atoms with Crippen molar-refractivity contribution in [2.24, 2.45) is 22.9 Å². The highest BCUT2D eigenvalue weighted by atomic mass is 16.7. The van der Waals surface area contributed by atoms with E-state index in [1.165, 1.54) is 0 Å². The summed E-state index contributed by atoms with van der Waals surface area (Å²) in [5.41, 5.74) is 30.8. The summed E-state index contributed by atoms with van der Waals surface area (Å²) >= 11 is 0. The van der Waals surface area contributed by atoms with Crippen molar-refractivity contribution in [3.63, 3.8) is 0 Å². The summed E-state index contributed by atoms with van der Waals surface area (Å²) in [5.74, 6) is -0.261. The fourth-order valence-electron chi connectivity index (χ4n) is 5.07. The van der Waals surface area contributed by atoms with E-state index < -0.39 is 61.0 Å². The van der Waals surface area contributed by atoms with Gasteiger partial charge in [-0.2, -0.15) is 0 Å². The van der Waals surface area contributed by atoms with Gasteiger partial charge in [0.2, 0.25) is 5.91 Å². The lowest BCUT2D eigenvalue weighted by molar-refractivity contribution is -0.289. The number of hydrogen-bond acceptors (Lipinski definition) is 13. The molecule has 14 heteroatoms. The van der Waals surface area contributed by atoms with Crippen LogP contribution in [0.3, 0.4) is 0 Å². The van der Waals surface area contributed by atoms with Crippen LogP contribution in [0.5, 0.6) is 0 Å². The number of rotatable bonds is 14. The highest BCUT2D eigenvalue weighted by Crippen LogP contribution is 2.29. The molecular weight excluding hydrogens is 522 g/mol. The number of amides is 1. The summed E-state index contributed by atoms with van der Waals surface area (Å²) in [7, 11) is 0. The molecule has 40 heavy (non-hydrogen) atoms. The third-order valence-electron chi connectivity index (χ3n) is 7.38. The second-order valence-electron chi connectivity index (χ2n) is 10.5. The van der Waals surface area contributed by atoms with Crippen LogP contribution in [-0.4, -0.2) is 115 Å². The molecule has 0 aromatic heterocycles. The third kappa shape index (κ3) is 8.77. The number of carbonyl (C=O) groups excluding carboxylic acids is 1. The summed E-state index contributed by atoms with van der Waals surface area (Å²) in [6.07, 6.45) is -5.63. The molecule has 0 unspecified atom stereocenters. The Morgan fingerprint density at radius 1 is 1.00 bits per heavy atom. The Morgan fingerprint density at radius 3 is 2.40 bits per heavy atom. The van der Waals surface area contributed by atoms with Gasteiger partial charge in [0.05, 0.1) is 25.1 Å². The average molecular weight is 570 g/mol. The largest absolute Gasteiger partial charge is 0.399 e. The lowest BCUT2D eigenvalue weighted by Gasteiger charge is -2.47. The van der Waals surface area contributed by atoms with E-state index in [-0.39, 0.29) is 31.9 Å². The Bertz CT molecular complexity index is 897. The number of aliphatic hydroxyl groups excluding tert-OH is 3. The topological polar surface area (TPSA) is 260 Å². The summed E-state index contributed by atoms with van der Waals surface area (Å²) in [5, 5.41) is 38.1. The Balaban J connectivity index is 1.67. The third-order valence-corrected chi connectivity index (χ3v) is 7.38. The van der Waals surface area contributed by atoms with E-state index in [1.807, 2.05) is 0 Å². The van der Waals surface area contributed by atoms with Crippen molar-refractivity contribution in [3.05, 3.63) is 29.8 Å². The molecule has 1 aromatic rings. The van der Waals surface area contributed by atoms with Crippen LogP contribution in [0.1, 0.15) is 24.8 Å². The van der Waals surface area contributed by atoms with Crippen molar-refractivity contribution in [1.82, 2.24) is 10.6 Å². The standard InChI is InChI=1S/C26H47N7O7/c27-7-1-2-8-32-9-10-38-25-17(33-19(34)11-14-3-5-15(29)6-4-14)12-16(30)24(23(25)37)40-26-20(31)22(36)21(35)18(13-28)39-26/h3-6,16-18,20-26,32,35-37H,1-2,7-13,27-31H2,(H,33,34)/t16-,17+,18+,20+,21+,22+,23-,24+,25-,26+/m0/s1. The van der Waals surface area contributed by atoms with Crippen LogP contribution in [0.4, 0.5) is 5.69 Å². The van der Waals surface area contributed by atoms with Crippen molar-refractivity contribution in [2.45, 2.75) is 86.7 Å². The maximum atomic E-state index is 12.9. The molecular formula is C26H47N7O7. The maximum Gasteiger partial charge on any atom is 0.224 e. The number of hydrogen-bond donors (Lipinski definition) is 10. The first-order valence-electron chi connectivity index (χ1n) is 13.9. The van der Waals surface area contributed by atoms with Crippen molar-refractivity contribution in [3.8, 4) is 0 Å². The number of ether oxygens (including phenoxy) is 3. The molecule has 1 heterocycles. The fraction of sp³-hybridized carbons (Fsp3) is 0.731. The molecule has 1 aliphatic heterocycles. The van der Waals surface area contributed by atoms with E-state index in [9.17, 15) is 20.1 Å². The van der Waals surface area contributed by atoms with Crippen LogP contribution in [0.15, 0.2) is 24.3 Å². The van der Waals surface area contributed by atoms with Crippen LogP contribution in [-0.2, 0) is 25.4 Å². The van der Waals surface area contributed by atoms with E-state index in [2.05, 4.69) is 10.6 Å². The number of anilines is 1. The van der Waals surface area contributed by atoms with E-state index in [4.69, 9.17) is 42.9 Å². The number of carbonyl (C=O) groups is 1. The van der Waals surface area contributed by atoms with Gasteiger partial charge in [-0.25, -0.2) is 0 Å². The first-order chi connectivity index (χ1) is 19.2. The molecule has 2 fully saturated rings. The molecule has 15 N–H and O–H groups in total. The van der Waals surface area contributed by atoms with E-state index in [1.54, 1.807) is 24.3 Å². The van der Waals surface area contributed by atoms with Crippen molar-refractivity contribution in [1.29, 1.82) is 0 Å². The van der Waals surface area contributed by atoms with Gasteiger partial charge >= 0.3 is 0 Å². The molecule has 2 aliphatic rings. The van der Waals surface area contributed by atoms with Gasteiger partial charge in [0.25, 0.3) is 0 Å². The molecule has 1 saturated carbocycles. The molecule has 14 nitrogen and oxygen atoms in total. The zero-order valence-electron chi connectivity index (χ0n) is 22.8. The number of benzene rings is 1. The highest BCUT2D eigenvalue weighted by molar-refractivity contribution is 5.79. The van der Waals surface area contributed by atoms with Crippen LogP contribution in [0.2, 0.25) is 0 Å². The Kier molecular flexibility index (Phi) is 12.9. The second kappa shape index (κ2) is 15.9. The zero-order valence-corrected chi connectivity index (χ0v) is 22.8. The van der Waals surface area contributed by atoms with E-state index in [0.717, 1.165) is 24.9 Å². The number of nitrogen functional groups attached to an aromatic ring is 1. The smallest absolute Gasteiger partial charge is 0.224 e. The van der Waals surface area contributed by atoms with Crippen LogP contribution >= 0.6 is 0 Å². The van der Waals surface area contributed by atoms with E-state index in [0.29, 0.717) is 18.8 Å². The van der Waals surface area contributed by atoms with Gasteiger partial charge in [0.1, 0.15) is 36.6 Å². The number of unbranched alkanes of at least 4 members (excludes halogenated alkanes) is 1. The molecule has 228 valence electrons. The molecule has 10 atom stereocenters. The van der Waals surface area contributed by atoms with Gasteiger partial charge in [-0.1, -0.05) is 12.1 Å². The van der Waals surface area contributed by atoms with Gasteiger partial charge in [0, 0.05) is 24.8 Å². The second-order valence-corrected chi connectivity index (χ2v) is 10.5. The fourth-order valence-corrected chi connectivity index (χ4v) is 5.07. The normalized spacial score (nSPS) is 34.5. The van der Waals surface area contributed by atoms with Gasteiger partial charge < -0.3 is 68.8 Å². The predicted molar refractivity (Wildman–Crippen MR) is 149 cm³/mol. The number of nitrogens with two attached hydrogens (primary N) is 5. The molecule has 1 aromatic carbocycles. The summed E-state index contributed by atoms with van der Waals surface area (Å²) in [6.45, 7) is 2.12. The molecule has 0 spiro atoms. The van der Waals surface area contributed by atoms with Crippen molar-refractivity contribution < 1.29 is 34.3 Å². The molecule has 1 amide bonds. The molecule has 0 bridgehead atoms. The van der Waals surface area contributed by atoms with Crippen LogP contribution < -0.4 is 39.3 Å². The molecule has 3 rings (SSSR count). The van der Waals surface area contributed by atoms with Crippen molar-refractivity contribution >= 4 is 11.6 Å². The Labute approximate surface area is 234 Å². The lowest BCUT2D eigenvalue weighted by atomic mass is 9.83. The minimum atomic E-state index is -1.35. The highest BCUT2D eigenvalue weighted by Gasteiger charge is 2.49. The van der Waals surface area contributed by atoms with Gasteiger partial charge in [0.15, 0.2) is 6.29 Å². The molecule has 1 aliphatic carbocycles. The monoisotopic (exact) mass is 569 g/mol. The summed E-state index contributed by atoms with van der Waals surface area (Å²) in [6, 6.07) is 4.55. The van der Waals surface area contributed by atoms with Crippen LogP contribution in [0, 0.1) is 0 Å². The minimum Gasteiger partial charge on any atom is -0.399 e. The first kappa shape index (κ1) is 32.6. The Morgan fingerprint density at radius 2 is 1.73 bits per heavy atom. The SMILES string of the molecule is NCCCCNCCO[C@@H]1[C@@H](O)[C@H](O[C@H]2O[C@H](CN)[C@@H](O)[C@H](O)[C@H]2N)[C@@H](N)C[C@H]1NC(=O)Cc1ccc(N)cc1. The summed E-state index contributed by atoms with van der Waals surface area (Å²) in [4.78, 5) is 12.9. The Hall–Kier alpha value is -1.95. The van der Waals surface area contributed by atoms with E-state index >= 15 is 0 Å². The molecule has 0 radical (unpaired) electrons. The van der Waals surface area contributed by atoms with Crippen molar-refractivity contribution in [2.75, 3.05) is 38.5 Å². The average Bonchev–Trinajstić information content (AvgIpc) is 2.93. The lowest BCUT2D eigenvalue weighted by Crippen LogP contribution is -2.68. The minimum absolute atomic E-state index is 0.0732. The number of nitrogens with one attached hydrogen (secondary N) is 2. The quantitative estimate of drug-likeness (QED) is 0.0763. The maximum absolute atomic E-state index is 12.9. The first-order valence-corrected chi connectivity index (χ1v) is 13.9. The summed E-state index contributed by atoms with van der Waals surface area (Å²) < 4.78 is 17.8. The predicted octanol–water partition coefficient (Wildman–Crippen LogP) is -3.78. The van der Waals surface area contributed by atoms with Gasteiger partial charge in [-0.05, 0) is 50.0 Å².